The molecule has 5 aromatic carbocycles. The van der Waals surface area contributed by atoms with E-state index in [4.69, 9.17) is 16.0 Å². The van der Waals surface area contributed by atoms with Crippen LogP contribution in [0.3, 0.4) is 0 Å². The molecule has 0 radical (unpaired) electrons. The maximum Gasteiger partial charge on any atom is 0.264 e. The van der Waals surface area contributed by atoms with Crippen molar-refractivity contribution < 1.29 is 17.6 Å². The molecule has 0 aliphatic heterocycles. The molecule has 1 heterocycles. The van der Waals surface area contributed by atoms with Crippen LogP contribution in [0, 0.1) is 6.92 Å². The molecule has 1 amide bonds. The Kier molecular flexibility index (Phi) is 6.99. The number of amides is 1. The molecule has 204 valence electrons. The predicted octanol–water partition coefficient (Wildman–Crippen LogP) is 8.20. The van der Waals surface area contributed by atoms with Gasteiger partial charge in [0.2, 0.25) is 0 Å². The van der Waals surface area contributed by atoms with Crippen molar-refractivity contribution in [3.05, 3.63) is 137 Å². The zero-order valence-corrected chi connectivity index (χ0v) is 23.6. The highest BCUT2D eigenvalue weighted by atomic mass is 35.5. The van der Waals surface area contributed by atoms with Gasteiger partial charge in [0.1, 0.15) is 11.2 Å². The first-order chi connectivity index (χ1) is 19.8. The van der Waals surface area contributed by atoms with E-state index in [1.807, 2.05) is 43.3 Å². The normalized spacial score (nSPS) is 11.6. The summed E-state index contributed by atoms with van der Waals surface area (Å²) in [5, 5.41) is 5.36. The summed E-state index contributed by atoms with van der Waals surface area (Å²) in [6.45, 7) is 1.90. The number of carbonyl (C=O) groups is 1. The molecule has 1 N–H and O–H groups in total. The summed E-state index contributed by atoms with van der Waals surface area (Å²) in [5.74, 6) is -0.286. The number of nitrogens with one attached hydrogen (secondary N) is 1. The number of aryl methyl sites for hydroxylation is 1. The van der Waals surface area contributed by atoms with Crippen LogP contribution in [0.15, 0.2) is 125 Å². The summed E-state index contributed by atoms with van der Waals surface area (Å²) in [4.78, 5) is 13.2. The number of halogens is 1. The number of fused-ring (bicyclic) bond motifs is 3. The molecule has 0 bridgehead atoms. The molecular weight excluding hydrogens is 556 g/mol. The van der Waals surface area contributed by atoms with Crippen molar-refractivity contribution in [2.45, 2.75) is 18.4 Å². The Bertz CT molecular complexity index is 2000. The summed E-state index contributed by atoms with van der Waals surface area (Å²) in [6, 6.07) is 33.7. The van der Waals surface area contributed by atoms with Gasteiger partial charge in [-0.05, 0) is 72.6 Å². The van der Waals surface area contributed by atoms with E-state index >= 15 is 0 Å². The van der Waals surface area contributed by atoms with Crippen molar-refractivity contribution in [2.75, 3.05) is 9.62 Å². The molecule has 0 spiro atoms. The fourth-order valence-electron chi connectivity index (χ4n) is 4.80. The first kappa shape index (κ1) is 26.6. The molecule has 0 aliphatic carbocycles. The maximum atomic E-state index is 13.7. The maximum absolute atomic E-state index is 13.7. The first-order valence-electron chi connectivity index (χ1n) is 13.0. The Balaban J connectivity index is 1.25. The number of rotatable bonds is 7. The van der Waals surface area contributed by atoms with E-state index in [9.17, 15) is 13.2 Å². The molecular formula is C33H25ClN2O4S. The van der Waals surface area contributed by atoms with Gasteiger partial charge in [-0.15, -0.1) is 0 Å². The van der Waals surface area contributed by atoms with Gasteiger partial charge in [0.25, 0.3) is 15.9 Å². The van der Waals surface area contributed by atoms with Crippen molar-refractivity contribution in [1.29, 1.82) is 0 Å². The smallest absolute Gasteiger partial charge is 0.264 e. The van der Waals surface area contributed by atoms with Crippen molar-refractivity contribution >= 4 is 60.8 Å². The van der Waals surface area contributed by atoms with Crippen LogP contribution in [-0.2, 0) is 16.6 Å². The third-order valence-corrected chi connectivity index (χ3v) is 8.96. The van der Waals surface area contributed by atoms with Gasteiger partial charge in [0.15, 0.2) is 0 Å². The zero-order chi connectivity index (χ0) is 28.6. The van der Waals surface area contributed by atoms with Crippen LogP contribution in [0.5, 0.6) is 0 Å². The van der Waals surface area contributed by atoms with Crippen LogP contribution >= 0.6 is 11.6 Å². The van der Waals surface area contributed by atoms with Crippen LogP contribution in [-0.4, -0.2) is 14.3 Å². The summed E-state index contributed by atoms with van der Waals surface area (Å²) in [5.41, 5.74) is 4.50. The summed E-state index contributed by atoms with van der Waals surface area (Å²) in [6.07, 6.45) is 0. The highest BCUT2D eigenvalue weighted by molar-refractivity contribution is 7.92. The van der Waals surface area contributed by atoms with Gasteiger partial charge in [-0.25, -0.2) is 8.42 Å². The molecule has 8 heteroatoms. The molecule has 1 aromatic heterocycles. The molecule has 6 rings (SSSR count). The third-order valence-electron chi connectivity index (χ3n) is 6.95. The third kappa shape index (κ3) is 5.29. The Labute approximate surface area is 242 Å². The van der Waals surface area contributed by atoms with Crippen LogP contribution < -0.4 is 9.62 Å². The van der Waals surface area contributed by atoms with Gasteiger partial charge in [-0.3, -0.25) is 9.10 Å². The van der Waals surface area contributed by atoms with E-state index in [0.29, 0.717) is 33.1 Å². The lowest BCUT2D eigenvalue weighted by Gasteiger charge is -2.26. The van der Waals surface area contributed by atoms with Crippen LogP contribution in [0.1, 0.15) is 21.5 Å². The SMILES string of the molecule is Cc1ccc(Cl)cc1N(Cc1ccc(C(=O)Nc2ccc3c(c2)oc2ccccc23)cc1)S(=O)(=O)c1ccccc1. The molecule has 0 saturated heterocycles. The zero-order valence-electron chi connectivity index (χ0n) is 22.0. The number of hydrogen-bond donors (Lipinski definition) is 1. The lowest BCUT2D eigenvalue weighted by Crippen LogP contribution is -2.31. The molecule has 6 aromatic rings. The van der Waals surface area contributed by atoms with Crippen LogP contribution in [0.4, 0.5) is 11.4 Å². The topological polar surface area (TPSA) is 79.6 Å². The monoisotopic (exact) mass is 580 g/mol. The Morgan fingerprint density at radius 2 is 1.51 bits per heavy atom. The highest BCUT2D eigenvalue weighted by Crippen LogP contribution is 2.32. The molecule has 0 unspecified atom stereocenters. The number of furan rings is 1. The average molecular weight is 581 g/mol. The molecule has 0 atom stereocenters. The van der Waals surface area contributed by atoms with E-state index < -0.39 is 10.0 Å². The van der Waals surface area contributed by atoms with Gasteiger partial charge in [0, 0.05) is 33.1 Å². The van der Waals surface area contributed by atoms with Crippen molar-refractivity contribution in [3.8, 4) is 0 Å². The standard InChI is InChI=1S/C33H25ClN2O4S/c1-22-11-16-25(34)19-30(22)36(41(38,39)27-7-3-2-4-8-27)21-23-12-14-24(15-13-23)33(37)35-26-17-18-29-28-9-5-6-10-31(28)40-32(29)20-26/h2-20H,21H2,1H3,(H,35,37). The lowest BCUT2D eigenvalue weighted by atomic mass is 10.1. The van der Waals surface area contributed by atoms with E-state index in [0.717, 1.165) is 21.9 Å². The summed E-state index contributed by atoms with van der Waals surface area (Å²) >= 11 is 6.26. The van der Waals surface area contributed by atoms with Gasteiger partial charge in [0.05, 0.1) is 17.1 Å². The van der Waals surface area contributed by atoms with Crippen LogP contribution in [0.25, 0.3) is 21.9 Å². The Morgan fingerprint density at radius 3 is 2.29 bits per heavy atom. The number of anilines is 2. The van der Waals surface area contributed by atoms with Gasteiger partial charge in [-0.2, -0.15) is 0 Å². The minimum Gasteiger partial charge on any atom is -0.456 e. The molecule has 41 heavy (non-hydrogen) atoms. The van der Waals surface area contributed by atoms with E-state index in [2.05, 4.69) is 5.32 Å². The van der Waals surface area contributed by atoms with Gasteiger partial charge in [-0.1, -0.05) is 66.2 Å². The van der Waals surface area contributed by atoms with E-state index in [1.54, 1.807) is 78.9 Å². The molecule has 0 aliphatic rings. The van der Waals surface area contributed by atoms with E-state index in [-0.39, 0.29) is 17.3 Å². The number of hydrogen-bond acceptors (Lipinski definition) is 4. The number of para-hydroxylation sites is 1. The lowest BCUT2D eigenvalue weighted by molar-refractivity contribution is 0.102. The predicted molar refractivity (Wildman–Crippen MR) is 164 cm³/mol. The van der Waals surface area contributed by atoms with Crippen LogP contribution in [0.2, 0.25) is 5.02 Å². The average Bonchev–Trinajstić information content (AvgIpc) is 3.36. The van der Waals surface area contributed by atoms with Gasteiger partial charge < -0.3 is 9.73 Å². The minimum atomic E-state index is -3.90. The fourth-order valence-corrected chi connectivity index (χ4v) is 6.50. The molecule has 6 nitrogen and oxygen atoms in total. The van der Waals surface area contributed by atoms with Crippen molar-refractivity contribution in [2.24, 2.45) is 0 Å². The van der Waals surface area contributed by atoms with Crippen molar-refractivity contribution in [3.63, 3.8) is 0 Å². The van der Waals surface area contributed by atoms with Crippen molar-refractivity contribution in [1.82, 2.24) is 0 Å². The number of benzene rings is 5. The Hall–Kier alpha value is -4.59. The minimum absolute atomic E-state index is 0.0586. The number of carbonyl (C=O) groups excluding carboxylic acids is 1. The number of nitrogens with zero attached hydrogens (tertiary/aromatic N) is 1. The highest BCUT2D eigenvalue weighted by Gasteiger charge is 2.26. The van der Waals surface area contributed by atoms with E-state index in [1.165, 1.54) is 4.31 Å². The molecule has 0 fully saturated rings. The quantitative estimate of drug-likeness (QED) is 0.206. The second-order valence-corrected chi connectivity index (χ2v) is 12.0. The fraction of sp³-hybridized carbons (Fsp3) is 0.0606. The number of sulfonamides is 1. The first-order valence-corrected chi connectivity index (χ1v) is 14.8. The Morgan fingerprint density at radius 1 is 0.805 bits per heavy atom. The largest absolute Gasteiger partial charge is 0.456 e. The molecule has 0 saturated carbocycles. The summed E-state index contributed by atoms with van der Waals surface area (Å²) < 4.78 is 34.8. The second kappa shape index (κ2) is 10.8. The summed E-state index contributed by atoms with van der Waals surface area (Å²) in [7, 11) is -3.90. The van der Waals surface area contributed by atoms with Gasteiger partial charge >= 0.3 is 0 Å². The second-order valence-electron chi connectivity index (χ2n) is 9.72.